The molecule has 0 spiro atoms. The van der Waals surface area contributed by atoms with Gasteiger partial charge in [0.15, 0.2) is 0 Å². The van der Waals surface area contributed by atoms with Gasteiger partial charge in [-0.05, 0) is 38.3 Å². The SMILES string of the molecule is CCOCCOCCCCCNC(=O)Oc1ccccc1. The molecular weight excluding hydrogens is 270 g/mol. The Hall–Kier alpha value is -1.59. The van der Waals surface area contributed by atoms with Gasteiger partial charge in [0.05, 0.1) is 13.2 Å². The number of unbranched alkanes of at least 4 members (excludes halogenated alkanes) is 2. The van der Waals surface area contributed by atoms with Crippen LogP contribution in [0.25, 0.3) is 0 Å². The van der Waals surface area contributed by atoms with Crippen molar-refractivity contribution in [1.29, 1.82) is 0 Å². The van der Waals surface area contributed by atoms with Crippen LogP contribution in [-0.4, -0.2) is 39.1 Å². The van der Waals surface area contributed by atoms with Crippen molar-refractivity contribution in [2.45, 2.75) is 26.2 Å². The Bertz CT molecular complexity index is 370. The third-order valence-electron chi connectivity index (χ3n) is 2.76. The van der Waals surface area contributed by atoms with Gasteiger partial charge in [0.1, 0.15) is 5.75 Å². The molecule has 0 bridgehead atoms. The van der Waals surface area contributed by atoms with E-state index in [0.717, 1.165) is 32.5 Å². The molecule has 118 valence electrons. The zero-order valence-corrected chi connectivity index (χ0v) is 12.7. The van der Waals surface area contributed by atoms with Crippen molar-refractivity contribution < 1.29 is 19.0 Å². The number of carbonyl (C=O) groups excluding carboxylic acids is 1. The lowest BCUT2D eigenvalue weighted by molar-refractivity contribution is 0.0513. The minimum atomic E-state index is -0.408. The van der Waals surface area contributed by atoms with E-state index >= 15 is 0 Å². The monoisotopic (exact) mass is 295 g/mol. The summed E-state index contributed by atoms with van der Waals surface area (Å²) >= 11 is 0. The van der Waals surface area contributed by atoms with E-state index in [1.807, 2.05) is 25.1 Å². The van der Waals surface area contributed by atoms with Crippen LogP contribution in [0.5, 0.6) is 5.75 Å². The maximum absolute atomic E-state index is 11.5. The van der Waals surface area contributed by atoms with E-state index in [2.05, 4.69) is 5.32 Å². The van der Waals surface area contributed by atoms with Crippen molar-refractivity contribution in [3.05, 3.63) is 30.3 Å². The van der Waals surface area contributed by atoms with Crippen molar-refractivity contribution in [2.24, 2.45) is 0 Å². The first-order valence-electron chi connectivity index (χ1n) is 7.49. The number of ether oxygens (including phenoxy) is 3. The van der Waals surface area contributed by atoms with Crippen LogP contribution < -0.4 is 10.1 Å². The first-order valence-corrected chi connectivity index (χ1v) is 7.49. The molecule has 0 saturated carbocycles. The van der Waals surface area contributed by atoms with Crippen LogP contribution in [0, 0.1) is 0 Å². The molecule has 1 rings (SSSR count). The fourth-order valence-electron chi connectivity index (χ4n) is 1.69. The molecule has 0 atom stereocenters. The van der Waals surface area contributed by atoms with E-state index < -0.39 is 6.09 Å². The van der Waals surface area contributed by atoms with Gasteiger partial charge in [-0.15, -0.1) is 0 Å². The van der Waals surface area contributed by atoms with Gasteiger partial charge < -0.3 is 19.5 Å². The van der Waals surface area contributed by atoms with Gasteiger partial charge in [-0.1, -0.05) is 18.2 Å². The van der Waals surface area contributed by atoms with E-state index in [1.165, 1.54) is 0 Å². The van der Waals surface area contributed by atoms with Crippen LogP contribution in [0.15, 0.2) is 30.3 Å². The highest BCUT2D eigenvalue weighted by molar-refractivity contribution is 5.70. The summed E-state index contributed by atoms with van der Waals surface area (Å²) in [5, 5.41) is 2.73. The summed E-state index contributed by atoms with van der Waals surface area (Å²) in [4.78, 5) is 11.5. The summed E-state index contributed by atoms with van der Waals surface area (Å²) in [7, 11) is 0. The third-order valence-corrected chi connectivity index (χ3v) is 2.76. The second-order valence-corrected chi connectivity index (χ2v) is 4.50. The Morgan fingerprint density at radius 2 is 1.76 bits per heavy atom. The average molecular weight is 295 g/mol. The first-order chi connectivity index (χ1) is 10.3. The molecule has 0 aliphatic heterocycles. The molecule has 5 nitrogen and oxygen atoms in total. The minimum absolute atomic E-state index is 0.408. The Kier molecular flexibility index (Phi) is 10.1. The largest absolute Gasteiger partial charge is 0.412 e. The maximum Gasteiger partial charge on any atom is 0.412 e. The van der Waals surface area contributed by atoms with Gasteiger partial charge in [-0.25, -0.2) is 4.79 Å². The van der Waals surface area contributed by atoms with E-state index in [9.17, 15) is 4.79 Å². The molecule has 0 aliphatic rings. The molecule has 1 amide bonds. The predicted molar refractivity (Wildman–Crippen MR) is 81.6 cm³/mol. The molecule has 0 fully saturated rings. The Morgan fingerprint density at radius 1 is 1.00 bits per heavy atom. The van der Waals surface area contributed by atoms with Crippen LogP contribution in [0.2, 0.25) is 0 Å². The molecule has 1 N–H and O–H groups in total. The summed E-state index contributed by atoms with van der Waals surface area (Å²) in [6.45, 7) is 5.36. The Labute approximate surface area is 126 Å². The normalized spacial score (nSPS) is 10.3. The van der Waals surface area contributed by atoms with Crippen LogP contribution >= 0.6 is 0 Å². The molecule has 0 aromatic heterocycles. The van der Waals surface area contributed by atoms with Crippen molar-refractivity contribution in [3.63, 3.8) is 0 Å². The van der Waals surface area contributed by atoms with Gasteiger partial charge in [0.25, 0.3) is 0 Å². The summed E-state index contributed by atoms with van der Waals surface area (Å²) in [5.74, 6) is 0.553. The molecular formula is C16H25NO4. The van der Waals surface area contributed by atoms with Crippen molar-refractivity contribution in [3.8, 4) is 5.75 Å². The van der Waals surface area contributed by atoms with Crippen molar-refractivity contribution in [2.75, 3.05) is 33.0 Å². The number of hydrogen-bond donors (Lipinski definition) is 1. The summed E-state index contributed by atoms with van der Waals surface area (Å²) in [6.07, 6.45) is 2.51. The molecule has 0 aliphatic carbocycles. The topological polar surface area (TPSA) is 56.8 Å². The van der Waals surface area contributed by atoms with Gasteiger partial charge in [0, 0.05) is 19.8 Å². The number of rotatable bonds is 11. The number of hydrogen-bond acceptors (Lipinski definition) is 4. The van der Waals surface area contributed by atoms with Crippen molar-refractivity contribution in [1.82, 2.24) is 5.32 Å². The van der Waals surface area contributed by atoms with E-state index in [4.69, 9.17) is 14.2 Å². The number of benzene rings is 1. The maximum atomic E-state index is 11.5. The Morgan fingerprint density at radius 3 is 2.52 bits per heavy atom. The number of carbonyl (C=O) groups is 1. The molecule has 0 radical (unpaired) electrons. The van der Waals surface area contributed by atoms with Crippen LogP contribution in [0.4, 0.5) is 4.79 Å². The van der Waals surface area contributed by atoms with Crippen LogP contribution in [0.1, 0.15) is 26.2 Å². The summed E-state index contributed by atoms with van der Waals surface area (Å²) < 4.78 is 15.7. The highest BCUT2D eigenvalue weighted by Gasteiger charge is 2.02. The third kappa shape index (κ3) is 9.87. The van der Waals surface area contributed by atoms with Crippen LogP contribution in [-0.2, 0) is 9.47 Å². The molecule has 0 saturated heterocycles. The molecule has 21 heavy (non-hydrogen) atoms. The number of amides is 1. The van der Waals surface area contributed by atoms with Crippen molar-refractivity contribution >= 4 is 6.09 Å². The Balaban J connectivity index is 1.89. The number of nitrogens with one attached hydrogen (secondary N) is 1. The molecule has 0 heterocycles. The van der Waals surface area contributed by atoms with E-state index in [-0.39, 0.29) is 0 Å². The lowest BCUT2D eigenvalue weighted by Gasteiger charge is -2.07. The number of para-hydroxylation sites is 1. The zero-order valence-electron chi connectivity index (χ0n) is 12.7. The quantitative estimate of drug-likeness (QED) is 0.638. The predicted octanol–water partition coefficient (Wildman–Crippen LogP) is 3.00. The van der Waals surface area contributed by atoms with Gasteiger partial charge in [0.2, 0.25) is 0 Å². The average Bonchev–Trinajstić information content (AvgIpc) is 2.50. The van der Waals surface area contributed by atoms with E-state index in [0.29, 0.717) is 25.5 Å². The lowest BCUT2D eigenvalue weighted by atomic mass is 10.2. The lowest BCUT2D eigenvalue weighted by Crippen LogP contribution is -2.27. The van der Waals surface area contributed by atoms with Gasteiger partial charge in [-0.2, -0.15) is 0 Å². The zero-order chi connectivity index (χ0) is 15.2. The molecule has 1 aromatic rings. The fraction of sp³-hybridized carbons (Fsp3) is 0.562. The second kappa shape index (κ2) is 12.2. The fourth-order valence-corrected chi connectivity index (χ4v) is 1.69. The standard InChI is InChI=1S/C16H25NO4/c1-2-19-13-14-20-12-8-4-7-11-17-16(18)21-15-9-5-3-6-10-15/h3,5-6,9-10H,2,4,7-8,11-14H2,1H3,(H,17,18). The van der Waals surface area contributed by atoms with Gasteiger partial charge in [-0.3, -0.25) is 0 Å². The van der Waals surface area contributed by atoms with Gasteiger partial charge >= 0.3 is 6.09 Å². The second-order valence-electron chi connectivity index (χ2n) is 4.50. The molecule has 1 aromatic carbocycles. The minimum Gasteiger partial charge on any atom is -0.410 e. The smallest absolute Gasteiger partial charge is 0.410 e. The van der Waals surface area contributed by atoms with E-state index in [1.54, 1.807) is 12.1 Å². The summed E-state index contributed by atoms with van der Waals surface area (Å²) in [6, 6.07) is 9.03. The van der Waals surface area contributed by atoms with Crippen LogP contribution in [0.3, 0.4) is 0 Å². The molecule has 0 unspecified atom stereocenters. The first kappa shape index (κ1) is 17.5. The summed E-state index contributed by atoms with van der Waals surface area (Å²) in [5.41, 5.74) is 0. The highest BCUT2D eigenvalue weighted by Crippen LogP contribution is 2.08. The molecule has 5 heteroatoms. The highest BCUT2D eigenvalue weighted by atomic mass is 16.6.